The van der Waals surface area contributed by atoms with Crippen LogP contribution >= 0.6 is 32.4 Å². The maximum absolute atomic E-state index is 5.22. The molecule has 1 aliphatic carbocycles. The summed E-state index contributed by atoms with van der Waals surface area (Å²) in [6.07, 6.45) is 8.00. The van der Waals surface area contributed by atoms with E-state index >= 15 is 0 Å². The molecule has 0 unspecified atom stereocenters. The molecule has 0 aromatic carbocycles. The molecule has 0 atom stereocenters. The summed E-state index contributed by atoms with van der Waals surface area (Å²) in [7, 11) is 9.34. The van der Waals surface area contributed by atoms with E-state index in [4.69, 9.17) is 12.2 Å². The van der Waals surface area contributed by atoms with E-state index in [0.29, 0.717) is 11.2 Å². The van der Waals surface area contributed by atoms with E-state index in [-0.39, 0.29) is 0 Å². The van der Waals surface area contributed by atoms with Crippen LogP contribution in [0.3, 0.4) is 0 Å². The zero-order chi connectivity index (χ0) is 16.2. The van der Waals surface area contributed by atoms with Gasteiger partial charge in [-0.3, -0.25) is 10.4 Å². The van der Waals surface area contributed by atoms with Crippen molar-refractivity contribution in [2.24, 2.45) is 5.10 Å². The van der Waals surface area contributed by atoms with Gasteiger partial charge in [0.25, 0.3) is 0 Å². The number of halogens is 2. The second kappa shape index (κ2) is 12.1. The van der Waals surface area contributed by atoms with Gasteiger partial charge < -0.3 is 5.32 Å². The monoisotopic (exact) mass is 409 g/mol. The molecule has 1 heterocycles. The molecule has 0 saturated heterocycles. The zero-order valence-corrected chi connectivity index (χ0v) is 15.6. The first-order valence-electron chi connectivity index (χ1n) is 7.00. The Bertz CT molecular complexity index is 482. The van der Waals surface area contributed by atoms with E-state index in [2.05, 4.69) is 41.0 Å². The Morgan fingerprint density at radius 3 is 2.68 bits per heavy atom. The average Bonchev–Trinajstić information content (AvgIpc) is 2.49. The van der Waals surface area contributed by atoms with Crippen molar-refractivity contribution in [3.63, 3.8) is 0 Å². The second-order valence-corrected chi connectivity index (χ2v) is 6.89. The van der Waals surface area contributed by atoms with Gasteiger partial charge in [0.15, 0.2) is 5.11 Å². The van der Waals surface area contributed by atoms with E-state index in [9.17, 15) is 0 Å². The molecule has 22 heavy (non-hydrogen) atoms. The van der Waals surface area contributed by atoms with E-state index in [1.807, 2.05) is 25.1 Å². The van der Waals surface area contributed by atoms with Gasteiger partial charge in [0.2, 0.25) is 0 Å². The summed E-state index contributed by atoms with van der Waals surface area (Å²) < 4.78 is 0. The minimum absolute atomic E-state index is 0.501. The Morgan fingerprint density at radius 1 is 1.36 bits per heavy atom. The predicted octanol–water partition coefficient (Wildman–Crippen LogP) is 3.90. The van der Waals surface area contributed by atoms with Crippen molar-refractivity contribution in [2.45, 2.75) is 45.1 Å². The van der Waals surface area contributed by atoms with Crippen LogP contribution in [0.1, 0.15) is 43.5 Å². The molecular weight excluding hydrogens is 391 g/mol. The third-order valence-electron chi connectivity index (χ3n) is 3.21. The van der Waals surface area contributed by atoms with Gasteiger partial charge in [-0.25, -0.2) is 0 Å². The fourth-order valence-corrected chi connectivity index (χ4v) is 2.48. The van der Waals surface area contributed by atoms with Crippen molar-refractivity contribution in [3.8, 4) is 0 Å². The fourth-order valence-electron chi connectivity index (χ4n) is 2.26. The molecule has 1 aromatic rings. The Hall–Kier alpha value is -0.391. The molecule has 1 aliphatic rings. The van der Waals surface area contributed by atoms with Crippen LogP contribution in [0.15, 0.2) is 23.3 Å². The van der Waals surface area contributed by atoms with Crippen LogP contribution in [0, 0.1) is 6.92 Å². The Labute approximate surface area is 152 Å². The Kier molecular flexibility index (Phi) is 10.8. The van der Waals surface area contributed by atoms with Gasteiger partial charge in [-0.05, 0) is 44.1 Å². The first-order valence-corrected chi connectivity index (χ1v) is 10.00. The van der Waals surface area contributed by atoms with E-state index in [0.717, 1.165) is 24.5 Å². The summed E-state index contributed by atoms with van der Waals surface area (Å²) in [4.78, 5) is 4.33. The molecule has 0 spiro atoms. The van der Waals surface area contributed by atoms with Crippen molar-refractivity contribution >= 4 is 43.7 Å². The number of pyridine rings is 1. The number of hydrogen-bond donors (Lipinski definition) is 2. The summed E-state index contributed by atoms with van der Waals surface area (Å²) in [6, 6.07) is 6.33. The van der Waals surface area contributed by atoms with Gasteiger partial charge in [0.1, 0.15) is 0 Å². The fraction of sp³-hybridized carbons (Fsp3) is 0.500. The second-order valence-electron chi connectivity index (χ2n) is 4.93. The van der Waals surface area contributed by atoms with E-state index < -0.39 is 0 Å². The number of nitrogens with zero attached hydrogens (tertiary/aromatic N) is 2. The first kappa shape index (κ1) is 19.7. The number of nitrogens with one attached hydrogen (secondary N) is 2. The third kappa shape index (κ3) is 8.91. The number of aromatic nitrogens is 1. The summed E-state index contributed by atoms with van der Waals surface area (Å²) >= 11 is 5.98. The van der Waals surface area contributed by atoms with Crippen LogP contribution in [0.25, 0.3) is 0 Å². The van der Waals surface area contributed by atoms with Crippen molar-refractivity contribution < 1.29 is 13.1 Å². The van der Waals surface area contributed by atoms with Crippen LogP contribution in [0.4, 0.5) is 0 Å². The Morgan fingerprint density at radius 2 is 2.05 bits per heavy atom. The molecule has 1 aromatic heterocycles. The molecule has 1 saturated carbocycles. The zero-order valence-electron chi connectivity index (χ0n) is 12.3. The van der Waals surface area contributed by atoms with Crippen molar-refractivity contribution in [2.75, 3.05) is 0 Å². The van der Waals surface area contributed by atoms with Crippen LogP contribution in [-0.2, 0) is 13.1 Å². The molecule has 2 rings (SSSR count). The van der Waals surface area contributed by atoms with Crippen LogP contribution in [0.5, 0.6) is 0 Å². The molecule has 4 nitrogen and oxygen atoms in total. The number of rotatable bonds is 3. The number of aryl methyl sites for hydroxylation is 1. The van der Waals surface area contributed by atoms with Gasteiger partial charge in [0, 0.05) is 11.7 Å². The first-order chi connectivity index (χ1) is 10.7. The number of hydrogen-bond acceptors (Lipinski definition) is 3. The summed E-state index contributed by atoms with van der Waals surface area (Å²) in [6.45, 7) is 1.96. The van der Waals surface area contributed by atoms with E-state index in [1.54, 1.807) is 6.21 Å². The maximum atomic E-state index is 5.22. The molecule has 127 valence electrons. The normalized spacial score (nSPS) is 15.2. The van der Waals surface area contributed by atoms with Gasteiger partial charge in [-0.1, -0.05) is 25.3 Å². The molecule has 1 fully saturated rings. The quantitative estimate of drug-likeness (QED) is 0.343. The van der Waals surface area contributed by atoms with Crippen molar-refractivity contribution in [3.05, 3.63) is 29.6 Å². The third-order valence-corrected chi connectivity index (χ3v) is 3.42. The van der Waals surface area contributed by atoms with Crippen LogP contribution < -0.4 is 10.7 Å². The van der Waals surface area contributed by atoms with E-state index in [1.165, 1.54) is 32.1 Å². The molecule has 2 N–H and O–H groups in total. The van der Waals surface area contributed by atoms with Gasteiger partial charge >= 0.3 is 33.3 Å². The average molecular weight is 411 g/mol. The molecule has 0 radical (unpaired) electrons. The minimum atomic E-state index is 0.501. The Balaban J connectivity index is 0.000000745. The molecule has 0 aliphatic heterocycles. The number of thiocarbonyl (C=S) groups is 1. The van der Waals surface area contributed by atoms with Crippen LogP contribution in [-0.4, -0.2) is 22.4 Å². The summed E-state index contributed by atoms with van der Waals surface area (Å²) in [5.41, 5.74) is 4.65. The van der Waals surface area contributed by atoms with Gasteiger partial charge in [0.05, 0.1) is 11.9 Å². The molecule has 0 amide bonds. The van der Waals surface area contributed by atoms with Crippen molar-refractivity contribution in [1.82, 2.24) is 15.7 Å². The molecular formula is C14H20Cl2CuN4S. The topological polar surface area (TPSA) is 49.3 Å². The van der Waals surface area contributed by atoms with Crippen molar-refractivity contribution in [1.29, 1.82) is 0 Å². The number of hydrazone groups is 1. The summed E-state index contributed by atoms with van der Waals surface area (Å²) in [5.74, 6) is 0. The standard InChI is InChI=1S/C14H20N4S.2ClH.Cu/c1-11-6-5-9-13(16-11)10-15-18-14(19)17-12-7-3-2-4-8-12;;;/h5-6,9-10,12H,2-4,7-8H2,1H3,(H2,17,18,19);2*1H;/q;;;+2/p-2. The van der Waals surface area contributed by atoms with Gasteiger partial charge in [-0.15, -0.1) is 0 Å². The predicted molar refractivity (Wildman–Crippen MR) is 94.0 cm³/mol. The summed E-state index contributed by atoms with van der Waals surface area (Å²) in [5, 5.41) is 8.00. The van der Waals surface area contributed by atoms with Gasteiger partial charge in [-0.2, -0.15) is 5.10 Å². The molecule has 0 bridgehead atoms. The SMILES string of the molecule is Cc1cccc(C=NNC(=S)NC2CCCCC2)n1.[Cl][Cu][Cl]. The molecule has 8 heteroatoms. The van der Waals surface area contributed by atoms with Crippen LogP contribution in [0.2, 0.25) is 0 Å².